The first-order valence-electron chi connectivity index (χ1n) is 6.40. The summed E-state index contributed by atoms with van der Waals surface area (Å²) < 4.78 is 34.1. The number of fused-ring (bicyclic) bond motifs is 1. The van der Waals surface area contributed by atoms with Gasteiger partial charge in [0.1, 0.15) is 13.2 Å². The van der Waals surface area contributed by atoms with Gasteiger partial charge in [0.15, 0.2) is 21.3 Å². The lowest BCUT2D eigenvalue weighted by atomic mass is 9.97. The van der Waals surface area contributed by atoms with Crippen LogP contribution in [0, 0.1) is 5.92 Å². The SMILES string of the molecule is O=S1(=O)CCC(C(Cl)c2cc3c(cc2Cl)OCCO3)C1. The molecule has 110 valence electrons. The first kappa shape index (κ1) is 14.3. The van der Waals surface area contributed by atoms with Crippen molar-refractivity contribution < 1.29 is 17.9 Å². The number of ether oxygens (including phenoxy) is 2. The first-order valence-corrected chi connectivity index (χ1v) is 9.03. The number of benzene rings is 1. The van der Waals surface area contributed by atoms with Gasteiger partial charge in [0.25, 0.3) is 0 Å². The van der Waals surface area contributed by atoms with Gasteiger partial charge in [0.2, 0.25) is 0 Å². The highest BCUT2D eigenvalue weighted by molar-refractivity contribution is 7.91. The maximum atomic E-state index is 11.6. The van der Waals surface area contributed by atoms with Crippen LogP contribution in [0.5, 0.6) is 11.5 Å². The van der Waals surface area contributed by atoms with Crippen LogP contribution in [0.1, 0.15) is 17.4 Å². The molecule has 0 N–H and O–H groups in total. The van der Waals surface area contributed by atoms with Crippen LogP contribution in [-0.2, 0) is 9.84 Å². The summed E-state index contributed by atoms with van der Waals surface area (Å²) in [5.74, 6) is 1.42. The molecule has 0 radical (unpaired) electrons. The molecule has 0 saturated carbocycles. The van der Waals surface area contributed by atoms with Crippen molar-refractivity contribution in [3.8, 4) is 11.5 Å². The normalized spacial score (nSPS) is 25.4. The topological polar surface area (TPSA) is 52.6 Å². The van der Waals surface area contributed by atoms with E-state index in [0.29, 0.717) is 41.7 Å². The Morgan fingerprint density at radius 1 is 1.20 bits per heavy atom. The van der Waals surface area contributed by atoms with Gasteiger partial charge in [-0.15, -0.1) is 11.6 Å². The third kappa shape index (κ3) is 2.71. The maximum Gasteiger partial charge on any atom is 0.162 e. The molecule has 0 aliphatic carbocycles. The lowest BCUT2D eigenvalue weighted by Crippen LogP contribution is -2.16. The van der Waals surface area contributed by atoms with Crippen LogP contribution in [0.2, 0.25) is 5.02 Å². The van der Waals surface area contributed by atoms with Gasteiger partial charge in [-0.25, -0.2) is 8.42 Å². The molecule has 0 bridgehead atoms. The van der Waals surface area contributed by atoms with Crippen molar-refractivity contribution >= 4 is 33.0 Å². The zero-order valence-corrected chi connectivity index (χ0v) is 13.0. The van der Waals surface area contributed by atoms with E-state index in [-0.39, 0.29) is 17.4 Å². The summed E-state index contributed by atoms with van der Waals surface area (Å²) >= 11 is 12.7. The van der Waals surface area contributed by atoms with Crippen molar-refractivity contribution in [1.29, 1.82) is 0 Å². The summed E-state index contributed by atoms with van der Waals surface area (Å²) in [5, 5.41) is 0.0501. The molecule has 4 nitrogen and oxygen atoms in total. The highest BCUT2D eigenvalue weighted by Crippen LogP contribution is 2.44. The van der Waals surface area contributed by atoms with E-state index in [1.807, 2.05) is 0 Å². The molecule has 2 aliphatic rings. The number of halogens is 2. The van der Waals surface area contributed by atoms with Gasteiger partial charge < -0.3 is 9.47 Å². The van der Waals surface area contributed by atoms with Crippen molar-refractivity contribution in [2.45, 2.75) is 11.8 Å². The summed E-state index contributed by atoms with van der Waals surface area (Å²) in [4.78, 5) is 0. The quantitative estimate of drug-likeness (QED) is 0.779. The van der Waals surface area contributed by atoms with Crippen LogP contribution in [0.25, 0.3) is 0 Å². The Labute approximate surface area is 127 Å². The Bertz CT molecular complexity index is 630. The van der Waals surface area contributed by atoms with E-state index in [2.05, 4.69) is 0 Å². The minimum Gasteiger partial charge on any atom is -0.486 e. The molecule has 20 heavy (non-hydrogen) atoms. The molecule has 2 aliphatic heterocycles. The number of sulfone groups is 1. The monoisotopic (exact) mass is 336 g/mol. The lowest BCUT2D eigenvalue weighted by Gasteiger charge is -2.23. The van der Waals surface area contributed by atoms with Crippen molar-refractivity contribution in [3.63, 3.8) is 0 Å². The smallest absolute Gasteiger partial charge is 0.162 e. The molecule has 7 heteroatoms. The van der Waals surface area contributed by atoms with E-state index in [1.54, 1.807) is 12.1 Å². The van der Waals surface area contributed by atoms with E-state index in [9.17, 15) is 8.42 Å². The van der Waals surface area contributed by atoms with Crippen LogP contribution in [-0.4, -0.2) is 33.1 Å². The highest BCUT2D eigenvalue weighted by atomic mass is 35.5. The molecule has 1 saturated heterocycles. The number of alkyl halides is 1. The van der Waals surface area contributed by atoms with E-state index in [1.165, 1.54) is 0 Å². The minimum absolute atomic E-state index is 0.110. The van der Waals surface area contributed by atoms with Gasteiger partial charge >= 0.3 is 0 Å². The third-order valence-electron chi connectivity index (χ3n) is 3.64. The van der Waals surface area contributed by atoms with Crippen molar-refractivity contribution in [2.75, 3.05) is 24.7 Å². The van der Waals surface area contributed by atoms with Crippen molar-refractivity contribution in [2.24, 2.45) is 5.92 Å². The first-order chi connectivity index (χ1) is 9.46. The van der Waals surface area contributed by atoms with Crippen LogP contribution in [0.4, 0.5) is 0 Å². The summed E-state index contributed by atoms with van der Waals surface area (Å²) in [6.07, 6.45) is 0.571. The number of rotatable bonds is 2. The van der Waals surface area contributed by atoms with Crippen LogP contribution in [0.15, 0.2) is 12.1 Å². The maximum absolute atomic E-state index is 11.6. The predicted molar refractivity (Wildman–Crippen MR) is 77.8 cm³/mol. The average Bonchev–Trinajstić information content (AvgIpc) is 2.77. The molecule has 0 aromatic heterocycles. The molecule has 1 aromatic rings. The van der Waals surface area contributed by atoms with E-state index in [0.717, 1.165) is 0 Å². The fourth-order valence-electron chi connectivity index (χ4n) is 2.60. The molecular weight excluding hydrogens is 323 g/mol. The molecule has 0 amide bonds. The molecule has 1 aromatic carbocycles. The van der Waals surface area contributed by atoms with E-state index >= 15 is 0 Å². The zero-order valence-electron chi connectivity index (χ0n) is 10.6. The van der Waals surface area contributed by atoms with Crippen LogP contribution >= 0.6 is 23.2 Å². The standard InChI is InChI=1S/C13H14Cl2O4S/c14-10-6-12-11(18-2-3-19-12)5-9(10)13(15)8-1-4-20(16,17)7-8/h5-6,8,13H,1-4,7H2. The second-order valence-corrected chi connectivity index (χ2v) is 8.19. The number of hydrogen-bond acceptors (Lipinski definition) is 4. The fraction of sp³-hybridized carbons (Fsp3) is 0.538. The zero-order chi connectivity index (χ0) is 14.3. The van der Waals surface area contributed by atoms with Gasteiger partial charge in [-0.2, -0.15) is 0 Å². The van der Waals surface area contributed by atoms with Gasteiger partial charge in [-0.1, -0.05) is 11.6 Å². The molecule has 2 unspecified atom stereocenters. The summed E-state index contributed by atoms with van der Waals surface area (Å²) in [6.45, 7) is 0.979. The molecule has 0 spiro atoms. The van der Waals surface area contributed by atoms with Gasteiger partial charge in [0.05, 0.1) is 16.9 Å². The number of hydrogen-bond donors (Lipinski definition) is 0. The molecule has 1 fully saturated rings. The fourth-order valence-corrected chi connectivity index (χ4v) is 5.27. The molecule has 3 rings (SSSR count). The summed E-state index contributed by atoms with van der Waals surface area (Å²) in [5.41, 5.74) is 0.708. The summed E-state index contributed by atoms with van der Waals surface area (Å²) in [7, 11) is -2.96. The third-order valence-corrected chi connectivity index (χ3v) is 6.35. The van der Waals surface area contributed by atoms with Gasteiger partial charge in [-0.3, -0.25) is 0 Å². The van der Waals surface area contributed by atoms with Crippen LogP contribution < -0.4 is 9.47 Å². The summed E-state index contributed by atoms with van der Waals surface area (Å²) in [6, 6.07) is 3.45. The Hall–Kier alpha value is -0.650. The Balaban J connectivity index is 1.90. The van der Waals surface area contributed by atoms with Gasteiger partial charge in [0, 0.05) is 11.1 Å². The Morgan fingerprint density at radius 2 is 1.85 bits per heavy atom. The molecule has 2 heterocycles. The van der Waals surface area contributed by atoms with Crippen molar-refractivity contribution in [3.05, 3.63) is 22.7 Å². The largest absolute Gasteiger partial charge is 0.486 e. The van der Waals surface area contributed by atoms with E-state index in [4.69, 9.17) is 32.7 Å². The molecular formula is C13H14Cl2O4S. The van der Waals surface area contributed by atoms with Gasteiger partial charge in [-0.05, 0) is 24.0 Å². The lowest BCUT2D eigenvalue weighted by molar-refractivity contribution is 0.171. The highest BCUT2D eigenvalue weighted by Gasteiger charge is 2.35. The van der Waals surface area contributed by atoms with Crippen LogP contribution in [0.3, 0.4) is 0 Å². The Morgan fingerprint density at radius 3 is 2.45 bits per heavy atom. The molecule has 2 atom stereocenters. The van der Waals surface area contributed by atoms with Crippen molar-refractivity contribution in [1.82, 2.24) is 0 Å². The Kier molecular flexibility index (Phi) is 3.77. The van der Waals surface area contributed by atoms with E-state index < -0.39 is 15.2 Å². The predicted octanol–water partition coefficient (Wildman–Crippen LogP) is 2.83. The second-order valence-electron chi connectivity index (χ2n) is 5.08. The minimum atomic E-state index is -2.96. The second kappa shape index (κ2) is 5.28. The average molecular weight is 337 g/mol.